The SMILES string of the molecule is [N-]=[N+]=NCC=Cc1cccs1. The molecule has 0 unspecified atom stereocenters. The third kappa shape index (κ3) is 2.89. The van der Waals surface area contributed by atoms with E-state index in [1.807, 2.05) is 29.7 Å². The number of nitrogens with zero attached hydrogens (tertiary/aromatic N) is 3. The van der Waals surface area contributed by atoms with Crippen molar-refractivity contribution in [3.63, 3.8) is 0 Å². The Bertz CT molecular complexity index is 270. The van der Waals surface area contributed by atoms with Crippen LogP contribution in [0, 0.1) is 0 Å². The van der Waals surface area contributed by atoms with Gasteiger partial charge in [0.25, 0.3) is 0 Å². The Morgan fingerprint density at radius 1 is 1.73 bits per heavy atom. The number of hydrogen-bond donors (Lipinski definition) is 0. The van der Waals surface area contributed by atoms with Gasteiger partial charge in [-0.1, -0.05) is 17.3 Å². The molecule has 1 aromatic rings. The molecule has 1 rings (SSSR count). The molecule has 0 saturated carbocycles. The molecule has 0 aliphatic heterocycles. The van der Waals surface area contributed by atoms with Crippen molar-refractivity contribution in [1.82, 2.24) is 0 Å². The second-order valence-electron chi connectivity index (χ2n) is 1.83. The molecule has 0 aromatic carbocycles. The second kappa shape index (κ2) is 4.55. The van der Waals surface area contributed by atoms with E-state index in [4.69, 9.17) is 5.53 Å². The third-order valence-electron chi connectivity index (χ3n) is 1.08. The van der Waals surface area contributed by atoms with Crippen molar-refractivity contribution < 1.29 is 0 Å². The fraction of sp³-hybridized carbons (Fsp3) is 0.143. The van der Waals surface area contributed by atoms with Crippen molar-refractivity contribution in [1.29, 1.82) is 0 Å². The lowest BCUT2D eigenvalue weighted by molar-refractivity contribution is 1.22. The summed E-state index contributed by atoms with van der Waals surface area (Å²) >= 11 is 1.66. The minimum Gasteiger partial charge on any atom is -0.144 e. The Balaban J connectivity index is 2.42. The van der Waals surface area contributed by atoms with Crippen LogP contribution in [0.3, 0.4) is 0 Å². The number of rotatable bonds is 3. The molecule has 4 heteroatoms. The van der Waals surface area contributed by atoms with E-state index in [9.17, 15) is 0 Å². The van der Waals surface area contributed by atoms with E-state index in [-0.39, 0.29) is 0 Å². The quantitative estimate of drug-likeness (QED) is 0.375. The molecule has 0 fully saturated rings. The molecule has 0 atom stereocenters. The Labute approximate surface area is 68.6 Å². The average Bonchev–Trinajstić information content (AvgIpc) is 2.50. The van der Waals surface area contributed by atoms with Crippen LogP contribution in [0.25, 0.3) is 16.5 Å². The summed E-state index contributed by atoms with van der Waals surface area (Å²) in [5.41, 5.74) is 7.95. The van der Waals surface area contributed by atoms with Gasteiger partial charge in [0, 0.05) is 16.3 Å². The Morgan fingerprint density at radius 2 is 2.64 bits per heavy atom. The van der Waals surface area contributed by atoms with Gasteiger partial charge in [-0.3, -0.25) is 0 Å². The van der Waals surface area contributed by atoms with Gasteiger partial charge in [-0.25, -0.2) is 0 Å². The molecule has 56 valence electrons. The first-order valence-electron chi connectivity index (χ1n) is 3.14. The lowest BCUT2D eigenvalue weighted by Crippen LogP contribution is -1.65. The van der Waals surface area contributed by atoms with Gasteiger partial charge >= 0.3 is 0 Å². The summed E-state index contributed by atoms with van der Waals surface area (Å²) in [4.78, 5) is 3.81. The highest BCUT2D eigenvalue weighted by Crippen LogP contribution is 2.09. The summed E-state index contributed by atoms with van der Waals surface area (Å²) in [7, 11) is 0. The predicted octanol–water partition coefficient (Wildman–Crippen LogP) is 3.07. The zero-order valence-electron chi connectivity index (χ0n) is 5.84. The Kier molecular flexibility index (Phi) is 3.25. The highest BCUT2D eigenvalue weighted by atomic mass is 32.1. The minimum atomic E-state index is 0.425. The van der Waals surface area contributed by atoms with Gasteiger partial charge in [-0.15, -0.1) is 11.3 Å². The summed E-state index contributed by atoms with van der Waals surface area (Å²) in [5.74, 6) is 0. The van der Waals surface area contributed by atoms with Crippen LogP contribution >= 0.6 is 11.3 Å². The standard InChI is InChI=1S/C7H7N3S/c8-10-9-5-1-3-7-4-2-6-11-7/h1-4,6H,5H2. The zero-order chi connectivity index (χ0) is 7.94. The van der Waals surface area contributed by atoms with Crippen LogP contribution in [-0.2, 0) is 0 Å². The molecule has 0 bridgehead atoms. The molecule has 11 heavy (non-hydrogen) atoms. The Morgan fingerprint density at radius 3 is 3.27 bits per heavy atom. The van der Waals surface area contributed by atoms with Gasteiger partial charge in [0.2, 0.25) is 0 Å². The van der Waals surface area contributed by atoms with E-state index in [1.54, 1.807) is 11.3 Å². The Hall–Kier alpha value is -1.25. The van der Waals surface area contributed by atoms with Crippen LogP contribution in [0.15, 0.2) is 28.7 Å². The molecule has 0 amide bonds. The monoisotopic (exact) mass is 165 g/mol. The molecule has 0 saturated heterocycles. The van der Waals surface area contributed by atoms with Gasteiger partial charge in [0.05, 0.1) is 0 Å². The van der Waals surface area contributed by atoms with Crippen molar-refractivity contribution in [2.45, 2.75) is 0 Å². The normalized spacial score (nSPS) is 9.82. The minimum absolute atomic E-state index is 0.425. The molecule has 0 N–H and O–H groups in total. The van der Waals surface area contributed by atoms with E-state index in [0.717, 1.165) is 0 Å². The largest absolute Gasteiger partial charge is 0.144 e. The van der Waals surface area contributed by atoms with Crippen molar-refractivity contribution in [2.75, 3.05) is 6.54 Å². The summed E-state index contributed by atoms with van der Waals surface area (Å²) in [6.07, 6.45) is 3.78. The van der Waals surface area contributed by atoms with Gasteiger partial charge in [-0.2, -0.15) is 0 Å². The number of thiophene rings is 1. The topological polar surface area (TPSA) is 48.8 Å². The van der Waals surface area contributed by atoms with Gasteiger partial charge in [-0.05, 0) is 23.1 Å². The summed E-state index contributed by atoms with van der Waals surface area (Å²) < 4.78 is 0. The van der Waals surface area contributed by atoms with Crippen LogP contribution in [-0.4, -0.2) is 6.54 Å². The van der Waals surface area contributed by atoms with Crippen LogP contribution in [0.1, 0.15) is 4.88 Å². The summed E-state index contributed by atoms with van der Waals surface area (Å²) in [5, 5.41) is 5.38. The summed E-state index contributed by atoms with van der Waals surface area (Å²) in [6.45, 7) is 0.425. The fourth-order valence-electron chi connectivity index (χ4n) is 0.639. The fourth-order valence-corrected chi connectivity index (χ4v) is 1.28. The maximum Gasteiger partial charge on any atom is 0.0443 e. The highest BCUT2D eigenvalue weighted by Gasteiger charge is 1.82. The maximum absolute atomic E-state index is 7.95. The van der Waals surface area contributed by atoms with E-state index >= 15 is 0 Å². The predicted molar refractivity (Wildman–Crippen MR) is 47.4 cm³/mol. The molecule has 1 aromatic heterocycles. The van der Waals surface area contributed by atoms with Gasteiger partial charge < -0.3 is 0 Å². The van der Waals surface area contributed by atoms with Crippen molar-refractivity contribution in [3.05, 3.63) is 38.9 Å². The van der Waals surface area contributed by atoms with Gasteiger partial charge in [0.1, 0.15) is 0 Å². The number of hydrogen-bond acceptors (Lipinski definition) is 2. The first-order valence-corrected chi connectivity index (χ1v) is 4.02. The smallest absolute Gasteiger partial charge is 0.0443 e. The van der Waals surface area contributed by atoms with Crippen LogP contribution < -0.4 is 0 Å². The van der Waals surface area contributed by atoms with Gasteiger partial charge in [0.15, 0.2) is 0 Å². The first-order chi connectivity index (χ1) is 5.43. The van der Waals surface area contributed by atoms with Crippen LogP contribution in [0.5, 0.6) is 0 Å². The highest BCUT2D eigenvalue weighted by molar-refractivity contribution is 7.10. The van der Waals surface area contributed by atoms with E-state index < -0.39 is 0 Å². The zero-order valence-corrected chi connectivity index (χ0v) is 6.66. The lowest BCUT2D eigenvalue weighted by atomic mass is 10.4. The second-order valence-corrected chi connectivity index (χ2v) is 2.81. The van der Waals surface area contributed by atoms with Crippen molar-refractivity contribution in [3.8, 4) is 0 Å². The van der Waals surface area contributed by atoms with E-state index in [0.29, 0.717) is 6.54 Å². The van der Waals surface area contributed by atoms with E-state index in [1.165, 1.54) is 4.88 Å². The van der Waals surface area contributed by atoms with Crippen LogP contribution in [0.2, 0.25) is 0 Å². The van der Waals surface area contributed by atoms with E-state index in [2.05, 4.69) is 10.0 Å². The first kappa shape index (κ1) is 7.85. The maximum atomic E-state index is 7.95. The summed E-state index contributed by atoms with van der Waals surface area (Å²) in [6, 6.07) is 4.00. The molecule has 0 aliphatic carbocycles. The molecule has 0 aliphatic rings. The molecule has 0 spiro atoms. The molecule has 3 nitrogen and oxygen atoms in total. The van der Waals surface area contributed by atoms with Crippen molar-refractivity contribution >= 4 is 17.4 Å². The molecule has 1 heterocycles. The average molecular weight is 165 g/mol. The third-order valence-corrected chi connectivity index (χ3v) is 1.91. The molecule has 0 radical (unpaired) electrons. The number of azide groups is 1. The van der Waals surface area contributed by atoms with Crippen molar-refractivity contribution in [2.24, 2.45) is 5.11 Å². The van der Waals surface area contributed by atoms with Crippen LogP contribution in [0.4, 0.5) is 0 Å². The molecular formula is C7H7N3S. The lowest BCUT2D eigenvalue weighted by Gasteiger charge is -1.79. The molecular weight excluding hydrogens is 158 g/mol.